The lowest BCUT2D eigenvalue weighted by atomic mass is 10.2. The largest absolute Gasteiger partial charge is 0.378 e. The van der Waals surface area contributed by atoms with Gasteiger partial charge in [0.15, 0.2) is 0 Å². The number of nitro groups is 1. The van der Waals surface area contributed by atoms with E-state index >= 15 is 0 Å². The lowest BCUT2D eigenvalue weighted by Gasteiger charge is -2.24. The molecule has 26 heavy (non-hydrogen) atoms. The molecule has 0 radical (unpaired) electrons. The number of anilines is 1. The van der Waals surface area contributed by atoms with Crippen molar-refractivity contribution in [2.45, 2.75) is 10.3 Å². The highest BCUT2D eigenvalue weighted by molar-refractivity contribution is 8.01. The first-order valence-corrected chi connectivity index (χ1v) is 10.4. The highest BCUT2D eigenvalue weighted by atomic mass is 32.2. The lowest BCUT2D eigenvalue weighted by Crippen LogP contribution is -2.30. The third kappa shape index (κ3) is 3.55. The van der Waals surface area contributed by atoms with Crippen molar-refractivity contribution >= 4 is 33.2 Å². The van der Waals surface area contributed by atoms with Gasteiger partial charge in [-0.3, -0.25) is 10.1 Å². The van der Waals surface area contributed by atoms with Gasteiger partial charge in [0, 0.05) is 44.2 Å². The van der Waals surface area contributed by atoms with Gasteiger partial charge in [0.1, 0.15) is 0 Å². The van der Waals surface area contributed by atoms with Crippen LogP contribution in [0.1, 0.15) is 10.9 Å². The van der Waals surface area contributed by atoms with Crippen molar-refractivity contribution in [2.24, 2.45) is 0 Å². The molecule has 3 rings (SSSR count). The molecule has 138 valence electrons. The van der Waals surface area contributed by atoms with Crippen LogP contribution >= 0.6 is 11.8 Å². The van der Waals surface area contributed by atoms with Crippen molar-refractivity contribution in [3.05, 3.63) is 64.2 Å². The molecule has 0 aromatic heterocycles. The molecular weight excluding hydrogens is 374 g/mol. The molecule has 2 aromatic rings. The molecular formula is C17H19N3O4S2. The molecule has 0 spiro atoms. The number of nitrogens with zero attached hydrogens (tertiary/aromatic N) is 3. The van der Waals surface area contributed by atoms with E-state index in [2.05, 4.69) is 0 Å². The third-order valence-electron chi connectivity index (χ3n) is 4.20. The highest BCUT2D eigenvalue weighted by Gasteiger charge is 2.37. The van der Waals surface area contributed by atoms with Crippen LogP contribution in [0.4, 0.5) is 11.4 Å². The van der Waals surface area contributed by atoms with Gasteiger partial charge < -0.3 is 4.90 Å². The Balaban J connectivity index is 1.89. The zero-order valence-electron chi connectivity index (χ0n) is 14.4. The quantitative estimate of drug-likeness (QED) is 0.573. The fourth-order valence-corrected chi connectivity index (χ4v) is 6.02. The Morgan fingerprint density at radius 1 is 1.12 bits per heavy atom. The number of thioether (sulfide) groups is 1. The van der Waals surface area contributed by atoms with E-state index in [9.17, 15) is 18.5 Å². The second kappa shape index (κ2) is 7.26. The van der Waals surface area contributed by atoms with Crippen LogP contribution in [0.5, 0.6) is 0 Å². The second-order valence-corrected chi connectivity index (χ2v) is 9.15. The van der Waals surface area contributed by atoms with E-state index in [1.807, 2.05) is 43.3 Å². The molecule has 1 unspecified atom stereocenters. The molecule has 1 saturated heterocycles. The topological polar surface area (TPSA) is 83.8 Å². The fraction of sp³-hybridized carbons (Fsp3) is 0.294. The summed E-state index contributed by atoms with van der Waals surface area (Å²) in [6, 6.07) is 12.8. The first-order chi connectivity index (χ1) is 12.3. The van der Waals surface area contributed by atoms with Crippen molar-refractivity contribution in [2.75, 3.05) is 31.3 Å². The molecule has 1 aliphatic rings. The molecule has 2 aromatic carbocycles. The number of hydrogen-bond acceptors (Lipinski definition) is 6. The van der Waals surface area contributed by atoms with Gasteiger partial charge in [0.2, 0.25) is 10.0 Å². The number of hydrogen-bond donors (Lipinski definition) is 0. The van der Waals surface area contributed by atoms with Crippen molar-refractivity contribution < 1.29 is 13.3 Å². The standard InChI is InChI=1S/C17H19N3O4S2/c1-18(2)14-5-3-13(4-6-14)17-19(11-12-25-17)26(23,24)16-9-7-15(8-10-16)20(21)22/h3-10,17H,11-12H2,1-2H3. The fourth-order valence-electron chi connectivity index (χ4n) is 2.78. The molecule has 1 aliphatic heterocycles. The monoisotopic (exact) mass is 393 g/mol. The Morgan fingerprint density at radius 2 is 1.73 bits per heavy atom. The normalized spacial score (nSPS) is 18.0. The summed E-state index contributed by atoms with van der Waals surface area (Å²) in [6.45, 7) is 0.407. The van der Waals surface area contributed by atoms with E-state index in [1.165, 1.54) is 28.6 Å². The Hall–Kier alpha value is -2.10. The molecule has 1 fully saturated rings. The van der Waals surface area contributed by atoms with Crippen LogP contribution in [0.2, 0.25) is 0 Å². The number of nitro benzene ring substituents is 1. The number of benzene rings is 2. The van der Waals surface area contributed by atoms with Crippen LogP contribution in [0.25, 0.3) is 0 Å². The summed E-state index contributed by atoms with van der Waals surface area (Å²) in [7, 11) is 0.173. The molecule has 7 nitrogen and oxygen atoms in total. The summed E-state index contributed by atoms with van der Waals surface area (Å²) < 4.78 is 27.5. The average Bonchev–Trinajstić information content (AvgIpc) is 3.12. The van der Waals surface area contributed by atoms with Gasteiger partial charge in [-0.15, -0.1) is 11.8 Å². The maximum Gasteiger partial charge on any atom is 0.269 e. The molecule has 0 N–H and O–H groups in total. The predicted octanol–water partition coefficient (Wildman–Crippen LogP) is 3.10. The van der Waals surface area contributed by atoms with Crippen LogP contribution < -0.4 is 4.90 Å². The van der Waals surface area contributed by atoms with E-state index in [0.717, 1.165) is 11.3 Å². The van der Waals surface area contributed by atoms with Crippen molar-refractivity contribution in [3.8, 4) is 0 Å². The zero-order chi connectivity index (χ0) is 18.9. The minimum absolute atomic E-state index is 0.0699. The summed E-state index contributed by atoms with van der Waals surface area (Å²) in [5.74, 6) is 0.701. The number of non-ortho nitro benzene ring substituents is 1. The van der Waals surface area contributed by atoms with Crippen LogP contribution in [-0.2, 0) is 10.0 Å². The van der Waals surface area contributed by atoms with Crippen LogP contribution in [-0.4, -0.2) is 44.0 Å². The van der Waals surface area contributed by atoms with Gasteiger partial charge >= 0.3 is 0 Å². The van der Waals surface area contributed by atoms with E-state index < -0.39 is 14.9 Å². The van der Waals surface area contributed by atoms with Crippen LogP contribution in [0, 0.1) is 10.1 Å². The molecule has 1 heterocycles. The predicted molar refractivity (Wildman–Crippen MR) is 103 cm³/mol. The molecule has 0 aliphatic carbocycles. The summed E-state index contributed by atoms with van der Waals surface area (Å²) in [5, 5.41) is 10.5. The lowest BCUT2D eigenvalue weighted by molar-refractivity contribution is -0.384. The van der Waals surface area contributed by atoms with Gasteiger partial charge in [0.25, 0.3) is 5.69 Å². The maximum atomic E-state index is 13.0. The molecule has 0 bridgehead atoms. The summed E-state index contributed by atoms with van der Waals surface area (Å²) >= 11 is 1.57. The van der Waals surface area contributed by atoms with Gasteiger partial charge in [-0.05, 0) is 29.8 Å². The van der Waals surface area contributed by atoms with Crippen molar-refractivity contribution in [1.29, 1.82) is 0 Å². The highest BCUT2D eigenvalue weighted by Crippen LogP contribution is 2.41. The van der Waals surface area contributed by atoms with E-state index in [4.69, 9.17) is 0 Å². The first kappa shape index (κ1) is 18.7. The number of sulfonamides is 1. The molecule has 1 atom stereocenters. The smallest absolute Gasteiger partial charge is 0.269 e. The Kier molecular flexibility index (Phi) is 5.22. The summed E-state index contributed by atoms with van der Waals surface area (Å²) in [4.78, 5) is 12.3. The Bertz CT molecular complexity index is 897. The van der Waals surface area contributed by atoms with Crippen LogP contribution in [0.15, 0.2) is 53.4 Å². The first-order valence-electron chi connectivity index (χ1n) is 7.96. The van der Waals surface area contributed by atoms with Gasteiger partial charge in [-0.1, -0.05) is 12.1 Å². The van der Waals surface area contributed by atoms with Crippen LogP contribution in [0.3, 0.4) is 0 Å². The van der Waals surface area contributed by atoms with E-state index in [0.29, 0.717) is 12.3 Å². The Labute approximate surface area is 156 Å². The third-order valence-corrected chi connectivity index (χ3v) is 7.47. The molecule has 0 amide bonds. The zero-order valence-corrected chi connectivity index (χ0v) is 16.0. The van der Waals surface area contributed by atoms with E-state index in [1.54, 1.807) is 11.8 Å². The minimum atomic E-state index is -3.73. The SMILES string of the molecule is CN(C)c1ccc(C2SCCN2S(=O)(=O)c2ccc([N+](=O)[O-])cc2)cc1. The summed E-state index contributed by atoms with van der Waals surface area (Å²) in [5.41, 5.74) is 1.83. The molecule has 0 saturated carbocycles. The number of rotatable bonds is 5. The molecule has 9 heteroatoms. The van der Waals surface area contributed by atoms with Gasteiger partial charge in [-0.2, -0.15) is 4.31 Å². The minimum Gasteiger partial charge on any atom is -0.378 e. The van der Waals surface area contributed by atoms with Crippen molar-refractivity contribution in [3.63, 3.8) is 0 Å². The summed E-state index contributed by atoms with van der Waals surface area (Å²) in [6.07, 6.45) is 0. The Morgan fingerprint density at radius 3 is 2.27 bits per heavy atom. The average molecular weight is 393 g/mol. The second-order valence-electron chi connectivity index (χ2n) is 6.08. The maximum absolute atomic E-state index is 13.0. The van der Waals surface area contributed by atoms with E-state index in [-0.39, 0.29) is 16.0 Å². The van der Waals surface area contributed by atoms with Gasteiger partial charge in [-0.25, -0.2) is 8.42 Å². The van der Waals surface area contributed by atoms with Crippen molar-refractivity contribution in [1.82, 2.24) is 4.31 Å². The van der Waals surface area contributed by atoms with Gasteiger partial charge in [0.05, 0.1) is 15.2 Å².